The standard InChI is InChI=1S/C11H13NO4/c1-3-7-5-8(10(13)14)9(12-6-7)11(15)16-4-2/h5-6H,3-4H2,1-2H3,(H,13,14). The van der Waals surface area contributed by atoms with Crippen molar-refractivity contribution in [3.8, 4) is 0 Å². The van der Waals surface area contributed by atoms with Crippen molar-refractivity contribution in [3.63, 3.8) is 0 Å². The number of carbonyl (C=O) groups is 2. The minimum atomic E-state index is -1.18. The summed E-state index contributed by atoms with van der Waals surface area (Å²) >= 11 is 0. The molecule has 0 saturated heterocycles. The molecule has 16 heavy (non-hydrogen) atoms. The van der Waals surface area contributed by atoms with E-state index in [0.717, 1.165) is 5.56 Å². The van der Waals surface area contributed by atoms with Crippen LogP contribution in [0.25, 0.3) is 0 Å². The van der Waals surface area contributed by atoms with Crippen molar-refractivity contribution in [3.05, 3.63) is 29.1 Å². The number of carboxylic acids is 1. The summed E-state index contributed by atoms with van der Waals surface area (Å²) in [5, 5.41) is 8.95. The number of esters is 1. The Kier molecular flexibility index (Phi) is 3.99. The zero-order chi connectivity index (χ0) is 12.1. The fourth-order valence-corrected chi connectivity index (χ4v) is 1.23. The Morgan fingerprint density at radius 3 is 2.62 bits per heavy atom. The molecule has 5 nitrogen and oxygen atoms in total. The first-order chi connectivity index (χ1) is 7.60. The van der Waals surface area contributed by atoms with Crippen LogP contribution < -0.4 is 0 Å². The van der Waals surface area contributed by atoms with Crippen molar-refractivity contribution < 1.29 is 19.4 Å². The van der Waals surface area contributed by atoms with E-state index in [0.29, 0.717) is 6.42 Å². The third-order valence-corrected chi connectivity index (χ3v) is 2.05. The van der Waals surface area contributed by atoms with Crippen LogP contribution in [0.4, 0.5) is 0 Å². The lowest BCUT2D eigenvalue weighted by Crippen LogP contribution is -2.14. The number of hydrogen-bond acceptors (Lipinski definition) is 4. The lowest BCUT2D eigenvalue weighted by atomic mass is 10.1. The predicted molar refractivity (Wildman–Crippen MR) is 56.5 cm³/mol. The first-order valence-corrected chi connectivity index (χ1v) is 4.99. The monoisotopic (exact) mass is 223 g/mol. The molecular weight excluding hydrogens is 210 g/mol. The topological polar surface area (TPSA) is 76.5 Å². The Hall–Kier alpha value is -1.91. The van der Waals surface area contributed by atoms with Gasteiger partial charge in [-0.3, -0.25) is 0 Å². The maximum Gasteiger partial charge on any atom is 0.357 e. The average molecular weight is 223 g/mol. The molecule has 0 bridgehead atoms. The Bertz CT molecular complexity index is 414. The van der Waals surface area contributed by atoms with E-state index < -0.39 is 11.9 Å². The fourth-order valence-electron chi connectivity index (χ4n) is 1.23. The largest absolute Gasteiger partial charge is 0.478 e. The number of rotatable bonds is 4. The highest BCUT2D eigenvalue weighted by Crippen LogP contribution is 2.11. The molecule has 1 heterocycles. The molecule has 0 aliphatic rings. The van der Waals surface area contributed by atoms with Gasteiger partial charge in [-0.15, -0.1) is 0 Å². The van der Waals surface area contributed by atoms with Crippen LogP contribution in [0.15, 0.2) is 12.3 Å². The molecule has 1 rings (SSSR count). The number of aromatic nitrogens is 1. The van der Waals surface area contributed by atoms with E-state index in [9.17, 15) is 9.59 Å². The van der Waals surface area contributed by atoms with Gasteiger partial charge in [-0.25, -0.2) is 14.6 Å². The molecule has 0 atom stereocenters. The zero-order valence-corrected chi connectivity index (χ0v) is 9.19. The Labute approximate surface area is 93.1 Å². The van der Waals surface area contributed by atoms with Crippen LogP contribution in [0.5, 0.6) is 0 Å². The normalized spacial score (nSPS) is 9.88. The van der Waals surface area contributed by atoms with Crippen molar-refractivity contribution in [2.75, 3.05) is 6.61 Å². The highest BCUT2D eigenvalue weighted by molar-refractivity contribution is 6.01. The molecule has 1 N–H and O–H groups in total. The molecule has 0 saturated carbocycles. The smallest absolute Gasteiger partial charge is 0.357 e. The van der Waals surface area contributed by atoms with Gasteiger partial charge in [0, 0.05) is 6.20 Å². The molecule has 0 aliphatic heterocycles. The summed E-state index contributed by atoms with van der Waals surface area (Å²) in [6.07, 6.45) is 2.15. The summed E-state index contributed by atoms with van der Waals surface area (Å²) in [5.74, 6) is -1.88. The average Bonchev–Trinajstić information content (AvgIpc) is 2.28. The third kappa shape index (κ3) is 2.56. The molecule has 5 heteroatoms. The number of aromatic carboxylic acids is 1. The molecule has 0 radical (unpaired) electrons. The van der Waals surface area contributed by atoms with Crippen molar-refractivity contribution in [1.29, 1.82) is 0 Å². The van der Waals surface area contributed by atoms with Crippen molar-refractivity contribution in [2.45, 2.75) is 20.3 Å². The summed E-state index contributed by atoms with van der Waals surface area (Å²) in [7, 11) is 0. The highest BCUT2D eigenvalue weighted by atomic mass is 16.5. The van der Waals surface area contributed by atoms with E-state index in [1.165, 1.54) is 12.3 Å². The Morgan fingerprint density at radius 2 is 2.12 bits per heavy atom. The highest BCUT2D eigenvalue weighted by Gasteiger charge is 2.19. The third-order valence-electron chi connectivity index (χ3n) is 2.05. The first-order valence-electron chi connectivity index (χ1n) is 4.99. The molecular formula is C11H13NO4. The number of carbonyl (C=O) groups excluding carboxylic acids is 1. The van der Waals surface area contributed by atoms with Crippen LogP contribution in [0, 0.1) is 0 Å². The van der Waals surface area contributed by atoms with Crippen LogP contribution >= 0.6 is 0 Å². The maximum atomic E-state index is 11.4. The molecule has 0 amide bonds. The van der Waals surface area contributed by atoms with Gasteiger partial charge in [-0.05, 0) is 25.0 Å². The molecule has 0 unspecified atom stereocenters. The first kappa shape index (κ1) is 12.2. The number of nitrogens with zero attached hydrogens (tertiary/aromatic N) is 1. The molecule has 1 aromatic rings. The van der Waals surface area contributed by atoms with Gasteiger partial charge in [0.05, 0.1) is 12.2 Å². The molecule has 0 fully saturated rings. The van der Waals surface area contributed by atoms with Crippen molar-refractivity contribution >= 4 is 11.9 Å². The van der Waals surface area contributed by atoms with E-state index in [1.54, 1.807) is 6.92 Å². The van der Waals surface area contributed by atoms with Crippen molar-refractivity contribution in [1.82, 2.24) is 4.98 Å². The van der Waals surface area contributed by atoms with Gasteiger partial charge in [-0.2, -0.15) is 0 Å². The second-order valence-electron chi connectivity index (χ2n) is 3.12. The van der Waals surface area contributed by atoms with E-state index in [-0.39, 0.29) is 17.9 Å². The molecule has 0 aromatic carbocycles. The second-order valence-corrected chi connectivity index (χ2v) is 3.12. The van der Waals surface area contributed by atoms with E-state index in [1.807, 2.05) is 6.92 Å². The van der Waals surface area contributed by atoms with E-state index >= 15 is 0 Å². The quantitative estimate of drug-likeness (QED) is 0.783. The number of pyridine rings is 1. The molecule has 0 aliphatic carbocycles. The minimum absolute atomic E-state index is 0.113. The van der Waals surface area contributed by atoms with Crippen LogP contribution in [-0.4, -0.2) is 28.6 Å². The second kappa shape index (κ2) is 5.25. The molecule has 0 spiro atoms. The number of aryl methyl sites for hydroxylation is 1. The molecule has 86 valence electrons. The Morgan fingerprint density at radius 1 is 1.44 bits per heavy atom. The van der Waals surface area contributed by atoms with Crippen LogP contribution in [0.3, 0.4) is 0 Å². The molecule has 1 aromatic heterocycles. The van der Waals surface area contributed by atoms with Gasteiger partial charge in [0.15, 0.2) is 5.69 Å². The summed E-state index contributed by atoms with van der Waals surface area (Å²) in [6, 6.07) is 1.45. The Balaban J connectivity index is 3.17. The van der Waals surface area contributed by atoms with Gasteiger partial charge < -0.3 is 9.84 Å². The zero-order valence-electron chi connectivity index (χ0n) is 9.19. The lowest BCUT2D eigenvalue weighted by Gasteiger charge is -2.06. The van der Waals surface area contributed by atoms with Gasteiger partial charge in [0.2, 0.25) is 0 Å². The number of hydrogen-bond donors (Lipinski definition) is 1. The maximum absolute atomic E-state index is 11.4. The minimum Gasteiger partial charge on any atom is -0.478 e. The predicted octanol–water partition coefficient (Wildman–Crippen LogP) is 1.52. The SMILES string of the molecule is CCOC(=O)c1ncc(CC)cc1C(=O)O. The van der Waals surface area contributed by atoms with Gasteiger partial charge in [-0.1, -0.05) is 6.92 Å². The van der Waals surface area contributed by atoms with Crippen LogP contribution in [-0.2, 0) is 11.2 Å². The van der Waals surface area contributed by atoms with E-state index in [2.05, 4.69) is 4.98 Å². The van der Waals surface area contributed by atoms with Gasteiger partial charge in [0.1, 0.15) is 0 Å². The lowest BCUT2D eigenvalue weighted by molar-refractivity contribution is 0.0507. The number of ether oxygens (including phenoxy) is 1. The van der Waals surface area contributed by atoms with Crippen LogP contribution in [0.2, 0.25) is 0 Å². The summed E-state index contributed by atoms with van der Waals surface area (Å²) in [5.41, 5.74) is 0.509. The van der Waals surface area contributed by atoms with Crippen LogP contribution in [0.1, 0.15) is 40.3 Å². The van der Waals surface area contributed by atoms with E-state index in [4.69, 9.17) is 9.84 Å². The fraction of sp³-hybridized carbons (Fsp3) is 0.364. The number of carboxylic acid groups (broad SMARTS) is 1. The summed E-state index contributed by atoms with van der Waals surface area (Å²) in [6.45, 7) is 3.72. The van der Waals surface area contributed by atoms with Gasteiger partial charge >= 0.3 is 11.9 Å². The summed E-state index contributed by atoms with van der Waals surface area (Å²) < 4.78 is 4.73. The van der Waals surface area contributed by atoms with Gasteiger partial charge in [0.25, 0.3) is 0 Å². The van der Waals surface area contributed by atoms with Crippen molar-refractivity contribution in [2.24, 2.45) is 0 Å². The summed E-state index contributed by atoms with van der Waals surface area (Å²) in [4.78, 5) is 26.2.